The molecule has 436 valence electrons. The zero-order valence-electron chi connectivity index (χ0n) is 50.1. The summed E-state index contributed by atoms with van der Waals surface area (Å²) in [6.07, 6.45) is 81.0. The van der Waals surface area contributed by atoms with Gasteiger partial charge in [-0.2, -0.15) is 0 Å². The summed E-state index contributed by atoms with van der Waals surface area (Å²) in [7, 11) is 0. The van der Waals surface area contributed by atoms with Gasteiger partial charge < -0.3 is 14.2 Å². The van der Waals surface area contributed by atoms with Gasteiger partial charge in [-0.3, -0.25) is 14.4 Å². The van der Waals surface area contributed by atoms with Crippen LogP contribution < -0.4 is 0 Å². The van der Waals surface area contributed by atoms with Crippen LogP contribution in [0.2, 0.25) is 0 Å². The Labute approximate surface area is 466 Å². The van der Waals surface area contributed by atoms with Gasteiger partial charge in [-0.1, -0.05) is 300 Å². The maximum Gasteiger partial charge on any atom is 0.306 e. The number of rotatable bonds is 60. The number of ether oxygens (including phenoxy) is 3. The van der Waals surface area contributed by atoms with Crippen molar-refractivity contribution in [3.8, 4) is 0 Å². The van der Waals surface area contributed by atoms with Crippen LogP contribution in [0.15, 0.2) is 60.8 Å². The molecular weight excluding hydrogens is 925 g/mol. The summed E-state index contributed by atoms with van der Waals surface area (Å²) in [4.78, 5) is 38.3. The fourth-order valence-corrected chi connectivity index (χ4v) is 9.61. The third kappa shape index (κ3) is 61.8. The SMILES string of the molecule is CC/C=C\C/C=C\C/C=C\C/C=C\CCCCC(=O)OCC(COC(=O)CCCCCCCCCCCCCCCCCCCCCCCCCCC)OC(=O)CCCCCCCCC/C=C\CCCCCCCC. The Morgan fingerprint density at radius 1 is 0.280 bits per heavy atom. The molecule has 0 aromatic carbocycles. The molecule has 0 aliphatic heterocycles. The largest absolute Gasteiger partial charge is 0.462 e. The average molecular weight is 1050 g/mol. The molecule has 0 saturated carbocycles. The number of hydrogen-bond acceptors (Lipinski definition) is 6. The van der Waals surface area contributed by atoms with Gasteiger partial charge in [0, 0.05) is 19.3 Å². The molecule has 0 spiro atoms. The van der Waals surface area contributed by atoms with Gasteiger partial charge in [0.15, 0.2) is 6.10 Å². The van der Waals surface area contributed by atoms with E-state index in [1.54, 1.807) is 0 Å². The molecule has 6 heteroatoms. The van der Waals surface area contributed by atoms with Crippen molar-refractivity contribution >= 4 is 17.9 Å². The molecular formula is C69H124O6. The monoisotopic (exact) mass is 1050 g/mol. The lowest BCUT2D eigenvalue weighted by atomic mass is 10.0. The smallest absolute Gasteiger partial charge is 0.306 e. The number of unbranched alkanes of at least 4 members (excludes halogenated alkanes) is 39. The van der Waals surface area contributed by atoms with Gasteiger partial charge in [-0.05, 0) is 83.5 Å². The van der Waals surface area contributed by atoms with E-state index < -0.39 is 6.10 Å². The molecule has 0 saturated heterocycles. The van der Waals surface area contributed by atoms with Gasteiger partial charge in [-0.25, -0.2) is 0 Å². The fourth-order valence-electron chi connectivity index (χ4n) is 9.61. The first-order valence-corrected chi connectivity index (χ1v) is 32.8. The first-order chi connectivity index (χ1) is 37.0. The lowest BCUT2D eigenvalue weighted by molar-refractivity contribution is -0.167. The van der Waals surface area contributed by atoms with Crippen molar-refractivity contribution in [3.05, 3.63) is 60.8 Å². The predicted molar refractivity (Wildman–Crippen MR) is 325 cm³/mol. The van der Waals surface area contributed by atoms with E-state index in [0.29, 0.717) is 19.3 Å². The predicted octanol–water partition coefficient (Wildman–Crippen LogP) is 22.3. The Kier molecular flexibility index (Phi) is 61.2. The number of allylic oxidation sites excluding steroid dienone is 10. The first kappa shape index (κ1) is 72.1. The van der Waals surface area contributed by atoms with Gasteiger partial charge in [-0.15, -0.1) is 0 Å². The normalized spacial score (nSPS) is 12.4. The lowest BCUT2D eigenvalue weighted by Gasteiger charge is -2.18. The molecule has 0 aromatic heterocycles. The average Bonchev–Trinajstić information content (AvgIpc) is 3.41. The Hall–Kier alpha value is -2.89. The molecule has 0 fully saturated rings. The zero-order valence-corrected chi connectivity index (χ0v) is 50.1. The number of hydrogen-bond donors (Lipinski definition) is 0. The quantitative estimate of drug-likeness (QED) is 0.0261. The summed E-state index contributed by atoms with van der Waals surface area (Å²) < 4.78 is 16.9. The van der Waals surface area contributed by atoms with Crippen LogP contribution in [0.1, 0.15) is 342 Å². The minimum absolute atomic E-state index is 0.0860. The highest BCUT2D eigenvalue weighted by atomic mass is 16.6. The van der Waals surface area contributed by atoms with Crippen LogP contribution in [0.25, 0.3) is 0 Å². The van der Waals surface area contributed by atoms with Crippen LogP contribution in [0.3, 0.4) is 0 Å². The summed E-state index contributed by atoms with van der Waals surface area (Å²) in [5, 5.41) is 0. The molecule has 0 aliphatic rings. The molecule has 0 rings (SSSR count). The van der Waals surface area contributed by atoms with E-state index in [2.05, 4.69) is 81.5 Å². The van der Waals surface area contributed by atoms with Crippen molar-refractivity contribution in [1.29, 1.82) is 0 Å². The zero-order chi connectivity index (χ0) is 54.3. The third-order valence-corrected chi connectivity index (χ3v) is 14.5. The number of carbonyl (C=O) groups excluding carboxylic acids is 3. The molecule has 1 unspecified atom stereocenters. The summed E-state index contributed by atoms with van der Waals surface area (Å²) in [6.45, 7) is 6.53. The molecule has 0 N–H and O–H groups in total. The van der Waals surface area contributed by atoms with Crippen molar-refractivity contribution in [2.45, 2.75) is 348 Å². The standard InChI is InChI=1S/C69H124O6/c1-4-7-10-13-16-19-22-25-28-30-31-32-33-34-35-36-37-39-41-44-47-50-53-56-59-62-68(71)74-65-66(64-73-67(70)61-58-55-52-49-46-43-40-27-24-21-18-15-12-9-6-3)75-69(72)63-60-57-54-51-48-45-42-38-29-26-23-20-17-14-11-8-5-2/h9,12,18,21,26-27,29,40,46,49,66H,4-8,10-11,13-17,19-20,22-25,28,30-39,41-45,47-48,50-65H2,1-3H3/b12-9-,21-18-,29-26-,40-27-,49-46-. The van der Waals surface area contributed by atoms with Gasteiger partial charge in [0.25, 0.3) is 0 Å². The maximum absolute atomic E-state index is 12.9. The fraction of sp³-hybridized carbons (Fsp3) is 0.812. The van der Waals surface area contributed by atoms with E-state index in [1.807, 2.05) is 0 Å². The molecule has 0 heterocycles. The molecule has 6 nitrogen and oxygen atoms in total. The first-order valence-electron chi connectivity index (χ1n) is 32.8. The Morgan fingerprint density at radius 3 is 0.853 bits per heavy atom. The number of esters is 3. The van der Waals surface area contributed by atoms with Crippen molar-refractivity contribution in [3.63, 3.8) is 0 Å². The number of carbonyl (C=O) groups is 3. The minimum atomic E-state index is -0.793. The van der Waals surface area contributed by atoms with E-state index in [0.717, 1.165) is 83.5 Å². The third-order valence-electron chi connectivity index (χ3n) is 14.5. The van der Waals surface area contributed by atoms with E-state index in [1.165, 1.54) is 218 Å². The lowest BCUT2D eigenvalue weighted by Crippen LogP contribution is -2.30. The molecule has 0 aliphatic carbocycles. The summed E-state index contributed by atoms with van der Waals surface area (Å²) in [6, 6.07) is 0. The van der Waals surface area contributed by atoms with Crippen LogP contribution in [0.4, 0.5) is 0 Å². The topological polar surface area (TPSA) is 78.9 Å². The van der Waals surface area contributed by atoms with Crippen molar-refractivity contribution in [2.24, 2.45) is 0 Å². The minimum Gasteiger partial charge on any atom is -0.462 e. The second-order valence-corrected chi connectivity index (χ2v) is 22.0. The van der Waals surface area contributed by atoms with Crippen LogP contribution in [-0.2, 0) is 28.6 Å². The highest BCUT2D eigenvalue weighted by Crippen LogP contribution is 2.18. The van der Waals surface area contributed by atoms with Gasteiger partial charge in [0.1, 0.15) is 13.2 Å². The summed E-state index contributed by atoms with van der Waals surface area (Å²) in [5.41, 5.74) is 0. The molecule has 0 amide bonds. The Bertz CT molecular complexity index is 1340. The summed E-state index contributed by atoms with van der Waals surface area (Å²) in [5.74, 6) is -0.915. The molecule has 0 bridgehead atoms. The van der Waals surface area contributed by atoms with Gasteiger partial charge >= 0.3 is 17.9 Å². The highest BCUT2D eigenvalue weighted by Gasteiger charge is 2.19. The molecule has 1 atom stereocenters. The van der Waals surface area contributed by atoms with Crippen LogP contribution in [0, 0.1) is 0 Å². The van der Waals surface area contributed by atoms with E-state index >= 15 is 0 Å². The highest BCUT2D eigenvalue weighted by molar-refractivity contribution is 5.71. The summed E-state index contributed by atoms with van der Waals surface area (Å²) >= 11 is 0. The van der Waals surface area contributed by atoms with Crippen LogP contribution in [0.5, 0.6) is 0 Å². The van der Waals surface area contributed by atoms with Gasteiger partial charge in [0.2, 0.25) is 0 Å². The van der Waals surface area contributed by atoms with Crippen molar-refractivity contribution in [2.75, 3.05) is 13.2 Å². The Balaban J connectivity index is 4.30. The van der Waals surface area contributed by atoms with Gasteiger partial charge in [0.05, 0.1) is 0 Å². The molecule has 0 aromatic rings. The second-order valence-electron chi connectivity index (χ2n) is 22.0. The van der Waals surface area contributed by atoms with E-state index in [-0.39, 0.29) is 31.1 Å². The maximum atomic E-state index is 12.9. The Morgan fingerprint density at radius 2 is 0.520 bits per heavy atom. The van der Waals surface area contributed by atoms with Crippen molar-refractivity contribution in [1.82, 2.24) is 0 Å². The van der Waals surface area contributed by atoms with E-state index in [9.17, 15) is 14.4 Å². The molecule has 0 radical (unpaired) electrons. The van der Waals surface area contributed by atoms with Crippen molar-refractivity contribution < 1.29 is 28.6 Å². The molecule has 75 heavy (non-hydrogen) atoms. The van der Waals surface area contributed by atoms with E-state index in [4.69, 9.17) is 14.2 Å². The van der Waals surface area contributed by atoms with Crippen LogP contribution >= 0.6 is 0 Å². The second kappa shape index (κ2) is 63.6. The van der Waals surface area contributed by atoms with Crippen LogP contribution in [-0.4, -0.2) is 37.2 Å².